The molecule has 0 spiro atoms. The van der Waals surface area contributed by atoms with Crippen LogP contribution in [0, 0.1) is 10.5 Å². The van der Waals surface area contributed by atoms with E-state index in [-0.39, 0.29) is 0 Å². The molecule has 0 saturated heterocycles. The number of halogens is 4. The second-order valence-electron chi connectivity index (χ2n) is 3.40. The molecule has 0 atom stereocenters. The first-order chi connectivity index (χ1) is 7.99. The molecule has 2 nitrogen and oxygen atoms in total. The molecule has 0 aliphatic rings. The summed E-state index contributed by atoms with van der Waals surface area (Å²) in [5.74, 6) is 0.547. The lowest BCUT2D eigenvalue weighted by molar-refractivity contribution is 1.15. The molecule has 0 bridgehead atoms. The third kappa shape index (κ3) is 2.92. The number of aryl methyl sites for hydroxylation is 1. The molecular formula is C11H6BrCl2IN2. The zero-order valence-electron chi connectivity index (χ0n) is 8.64. The van der Waals surface area contributed by atoms with Gasteiger partial charge in [-0.05, 0) is 53.3 Å². The van der Waals surface area contributed by atoms with Crippen molar-refractivity contribution in [3.8, 4) is 11.4 Å². The van der Waals surface area contributed by atoms with Gasteiger partial charge >= 0.3 is 0 Å². The van der Waals surface area contributed by atoms with Crippen molar-refractivity contribution in [1.29, 1.82) is 0 Å². The van der Waals surface area contributed by atoms with Gasteiger partial charge in [-0.2, -0.15) is 0 Å². The molecule has 6 heteroatoms. The van der Waals surface area contributed by atoms with Gasteiger partial charge in [0, 0.05) is 10.0 Å². The van der Waals surface area contributed by atoms with E-state index in [4.69, 9.17) is 23.2 Å². The molecule has 17 heavy (non-hydrogen) atoms. The highest BCUT2D eigenvalue weighted by Gasteiger charge is 2.12. The minimum absolute atomic E-state index is 0.378. The van der Waals surface area contributed by atoms with Crippen LogP contribution in [0.1, 0.15) is 5.56 Å². The largest absolute Gasteiger partial charge is 0.215 e. The zero-order chi connectivity index (χ0) is 12.6. The molecule has 0 aliphatic heterocycles. The normalized spacial score (nSPS) is 10.6. The van der Waals surface area contributed by atoms with Crippen LogP contribution >= 0.6 is 61.7 Å². The standard InChI is InChI=1S/C11H6BrCl2IN2/c1-5-4-6(12)2-3-7(5)11-16-9(13)8(15)10(14)17-11/h2-4H,1H3. The molecule has 0 saturated carbocycles. The molecule has 2 rings (SSSR count). The molecular weight excluding hydrogens is 438 g/mol. The molecule has 0 aliphatic carbocycles. The van der Waals surface area contributed by atoms with Gasteiger partial charge in [0.2, 0.25) is 0 Å². The molecule has 0 N–H and O–H groups in total. The maximum atomic E-state index is 6.00. The van der Waals surface area contributed by atoms with Gasteiger partial charge < -0.3 is 0 Å². The summed E-state index contributed by atoms with van der Waals surface area (Å²) in [5, 5.41) is 0.755. The van der Waals surface area contributed by atoms with E-state index in [2.05, 4.69) is 25.9 Å². The van der Waals surface area contributed by atoms with Crippen molar-refractivity contribution in [1.82, 2.24) is 9.97 Å². The fourth-order valence-corrected chi connectivity index (χ4v) is 2.50. The summed E-state index contributed by atoms with van der Waals surface area (Å²) in [6.07, 6.45) is 0. The summed E-state index contributed by atoms with van der Waals surface area (Å²) in [7, 11) is 0. The molecule has 2 aromatic rings. The zero-order valence-corrected chi connectivity index (χ0v) is 13.9. The van der Waals surface area contributed by atoms with Gasteiger partial charge in [-0.25, -0.2) is 9.97 Å². The minimum Gasteiger partial charge on any atom is -0.215 e. The minimum atomic E-state index is 0.378. The monoisotopic (exact) mass is 442 g/mol. The Balaban J connectivity index is 2.61. The SMILES string of the molecule is Cc1cc(Br)ccc1-c1nc(Cl)c(I)c(Cl)n1. The van der Waals surface area contributed by atoms with Crippen molar-refractivity contribution in [2.45, 2.75) is 6.92 Å². The summed E-state index contributed by atoms with van der Waals surface area (Å²) in [6.45, 7) is 1.99. The Morgan fingerprint density at radius 1 is 1.18 bits per heavy atom. The average molecular weight is 444 g/mol. The molecule has 0 unspecified atom stereocenters. The van der Waals surface area contributed by atoms with Crippen LogP contribution < -0.4 is 0 Å². The Morgan fingerprint density at radius 3 is 2.29 bits per heavy atom. The lowest BCUT2D eigenvalue weighted by atomic mass is 10.1. The number of nitrogens with zero attached hydrogens (tertiary/aromatic N) is 2. The van der Waals surface area contributed by atoms with E-state index in [0.717, 1.165) is 15.6 Å². The number of benzene rings is 1. The number of hydrogen-bond donors (Lipinski definition) is 0. The predicted molar refractivity (Wildman–Crippen MR) is 82.6 cm³/mol. The van der Waals surface area contributed by atoms with Crippen molar-refractivity contribution in [3.05, 3.63) is 42.1 Å². The molecule has 1 aromatic carbocycles. The van der Waals surface area contributed by atoms with E-state index in [0.29, 0.717) is 19.7 Å². The van der Waals surface area contributed by atoms with E-state index in [1.54, 1.807) is 0 Å². The fourth-order valence-electron chi connectivity index (χ4n) is 1.39. The quantitative estimate of drug-likeness (QED) is 0.451. The molecule has 1 heterocycles. The van der Waals surface area contributed by atoms with Crippen LogP contribution in [0.4, 0.5) is 0 Å². The highest BCUT2D eigenvalue weighted by atomic mass is 127. The highest BCUT2D eigenvalue weighted by molar-refractivity contribution is 14.1. The van der Waals surface area contributed by atoms with Gasteiger partial charge in [0.1, 0.15) is 10.3 Å². The van der Waals surface area contributed by atoms with Crippen molar-refractivity contribution in [2.75, 3.05) is 0 Å². The first-order valence-electron chi connectivity index (χ1n) is 4.64. The molecule has 0 fully saturated rings. The van der Waals surface area contributed by atoms with Crippen LogP contribution in [-0.2, 0) is 0 Å². The summed E-state index contributed by atoms with van der Waals surface area (Å²) < 4.78 is 1.69. The Morgan fingerprint density at radius 2 is 1.76 bits per heavy atom. The van der Waals surface area contributed by atoms with Gasteiger partial charge in [-0.3, -0.25) is 0 Å². The van der Waals surface area contributed by atoms with Crippen LogP contribution in [0.5, 0.6) is 0 Å². The van der Waals surface area contributed by atoms with Gasteiger partial charge in [0.25, 0.3) is 0 Å². The number of hydrogen-bond acceptors (Lipinski definition) is 2. The number of rotatable bonds is 1. The van der Waals surface area contributed by atoms with Gasteiger partial charge in [0.05, 0.1) is 3.57 Å². The Labute approximate surface area is 131 Å². The van der Waals surface area contributed by atoms with Crippen molar-refractivity contribution >= 4 is 61.7 Å². The predicted octanol–water partition coefficient (Wildman–Crippen LogP) is 5.13. The molecule has 1 aromatic heterocycles. The number of aromatic nitrogens is 2. The second-order valence-corrected chi connectivity index (χ2v) is 6.11. The third-order valence-electron chi connectivity index (χ3n) is 2.20. The van der Waals surface area contributed by atoms with E-state index in [1.807, 2.05) is 47.7 Å². The van der Waals surface area contributed by atoms with E-state index in [9.17, 15) is 0 Å². The van der Waals surface area contributed by atoms with Crippen LogP contribution in [-0.4, -0.2) is 9.97 Å². The van der Waals surface area contributed by atoms with Crippen LogP contribution in [0.25, 0.3) is 11.4 Å². The van der Waals surface area contributed by atoms with E-state index in [1.165, 1.54) is 0 Å². The first-order valence-corrected chi connectivity index (χ1v) is 7.27. The first kappa shape index (κ1) is 13.5. The Bertz CT molecular complexity index is 567. The van der Waals surface area contributed by atoms with Gasteiger partial charge in [-0.1, -0.05) is 39.1 Å². The third-order valence-corrected chi connectivity index (χ3v) is 4.90. The summed E-state index contributed by atoms with van der Waals surface area (Å²) in [6, 6.07) is 5.87. The highest BCUT2D eigenvalue weighted by Crippen LogP contribution is 2.29. The van der Waals surface area contributed by atoms with Crippen LogP contribution in [0.2, 0.25) is 10.3 Å². The lowest BCUT2D eigenvalue weighted by Crippen LogP contribution is -1.95. The maximum absolute atomic E-state index is 6.00. The summed E-state index contributed by atoms with van der Waals surface area (Å²) in [5.41, 5.74) is 1.99. The molecule has 0 radical (unpaired) electrons. The van der Waals surface area contributed by atoms with Crippen molar-refractivity contribution in [3.63, 3.8) is 0 Å². The average Bonchev–Trinajstić information content (AvgIpc) is 2.25. The smallest absolute Gasteiger partial charge is 0.162 e. The van der Waals surface area contributed by atoms with Crippen LogP contribution in [0.15, 0.2) is 22.7 Å². The Kier molecular flexibility index (Phi) is 4.28. The second kappa shape index (κ2) is 5.38. The van der Waals surface area contributed by atoms with Crippen LogP contribution in [0.3, 0.4) is 0 Å². The lowest BCUT2D eigenvalue weighted by Gasteiger charge is -2.07. The fraction of sp³-hybridized carbons (Fsp3) is 0.0909. The van der Waals surface area contributed by atoms with E-state index < -0.39 is 0 Å². The maximum Gasteiger partial charge on any atom is 0.162 e. The summed E-state index contributed by atoms with van der Waals surface area (Å²) >= 11 is 17.4. The Hall–Kier alpha value is 0.0900. The molecule has 88 valence electrons. The van der Waals surface area contributed by atoms with Crippen molar-refractivity contribution < 1.29 is 0 Å². The van der Waals surface area contributed by atoms with Gasteiger partial charge in [-0.15, -0.1) is 0 Å². The molecule has 0 amide bonds. The summed E-state index contributed by atoms with van der Waals surface area (Å²) in [4.78, 5) is 8.48. The van der Waals surface area contributed by atoms with E-state index >= 15 is 0 Å². The topological polar surface area (TPSA) is 25.8 Å². The van der Waals surface area contributed by atoms with Crippen molar-refractivity contribution in [2.24, 2.45) is 0 Å². The van der Waals surface area contributed by atoms with Gasteiger partial charge in [0.15, 0.2) is 5.82 Å².